The molecule has 1 aromatic carbocycles. The Morgan fingerprint density at radius 1 is 1.28 bits per heavy atom. The van der Waals surface area contributed by atoms with Gasteiger partial charge in [-0.1, -0.05) is 18.2 Å². The normalized spacial score (nSPS) is 14.7. The fourth-order valence-electron chi connectivity index (χ4n) is 2.79. The molecule has 0 amide bonds. The summed E-state index contributed by atoms with van der Waals surface area (Å²) in [6.45, 7) is 1.93. The summed E-state index contributed by atoms with van der Waals surface area (Å²) in [5, 5.41) is 0.980. The predicted molar refractivity (Wildman–Crippen MR) is 71.2 cm³/mol. The molecule has 0 fully saturated rings. The van der Waals surface area contributed by atoms with Crippen LogP contribution in [0, 0.1) is 0 Å². The van der Waals surface area contributed by atoms with E-state index in [0.29, 0.717) is 5.56 Å². The van der Waals surface area contributed by atoms with Gasteiger partial charge in [-0.05, 0) is 12.5 Å². The van der Waals surface area contributed by atoms with Crippen molar-refractivity contribution in [3.8, 4) is 0 Å². The van der Waals surface area contributed by atoms with Crippen LogP contribution in [-0.2, 0) is 11.3 Å². The van der Waals surface area contributed by atoms with Crippen LogP contribution in [-0.4, -0.2) is 31.2 Å². The largest absolute Gasteiger partial charge is 0.465 e. The van der Waals surface area contributed by atoms with Crippen LogP contribution in [0.15, 0.2) is 24.3 Å². The van der Waals surface area contributed by atoms with Gasteiger partial charge in [0.15, 0.2) is 0 Å². The number of rotatable bonds is 1. The van der Waals surface area contributed by atoms with E-state index < -0.39 is 0 Å². The van der Waals surface area contributed by atoms with E-state index in [0.717, 1.165) is 36.2 Å². The van der Waals surface area contributed by atoms with Gasteiger partial charge in [0.05, 0.1) is 12.6 Å². The van der Waals surface area contributed by atoms with Crippen LogP contribution in [0.1, 0.15) is 16.8 Å². The number of carbonyl (C=O) groups excluding carboxylic acids is 1. The third-order valence-electron chi connectivity index (χ3n) is 3.57. The maximum atomic E-state index is 12.0. The van der Waals surface area contributed by atoms with Crippen molar-refractivity contribution in [3.63, 3.8) is 0 Å². The van der Waals surface area contributed by atoms with Crippen molar-refractivity contribution in [1.29, 1.82) is 0 Å². The van der Waals surface area contributed by atoms with Crippen LogP contribution in [0.4, 0.5) is 5.82 Å². The summed E-state index contributed by atoms with van der Waals surface area (Å²) in [6.07, 6.45) is 1.10. The molecule has 0 unspecified atom stereocenters. The fourth-order valence-corrected chi connectivity index (χ4v) is 2.79. The first-order valence-electron chi connectivity index (χ1n) is 6.14. The summed E-state index contributed by atoms with van der Waals surface area (Å²) in [7, 11) is 3.46. The Morgan fingerprint density at radius 2 is 2.06 bits per heavy atom. The average molecular weight is 244 g/mol. The average Bonchev–Trinajstić information content (AvgIpc) is 2.74. The van der Waals surface area contributed by atoms with Gasteiger partial charge in [0.1, 0.15) is 11.4 Å². The number of nitrogens with zero attached hydrogens (tertiary/aromatic N) is 2. The van der Waals surface area contributed by atoms with Crippen LogP contribution in [0.25, 0.3) is 10.9 Å². The molecule has 94 valence electrons. The Morgan fingerprint density at radius 3 is 2.83 bits per heavy atom. The number of para-hydroxylation sites is 1. The zero-order valence-corrected chi connectivity index (χ0v) is 10.6. The lowest BCUT2D eigenvalue weighted by Gasteiger charge is -2.27. The van der Waals surface area contributed by atoms with Gasteiger partial charge in [0.25, 0.3) is 0 Å². The number of esters is 1. The quantitative estimate of drug-likeness (QED) is 0.722. The molecule has 0 N–H and O–H groups in total. The highest BCUT2D eigenvalue weighted by Crippen LogP contribution is 2.35. The van der Waals surface area contributed by atoms with Crippen LogP contribution in [0.2, 0.25) is 0 Å². The van der Waals surface area contributed by atoms with Crippen LogP contribution in [0.5, 0.6) is 0 Å². The van der Waals surface area contributed by atoms with Crippen molar-refractivity contribution >= 4 is 22.7 Å². The zero-order valence-electron chi connectivity index (χ0n) is 10.6. The second kappa shape index (κ2) is 4.05. The maximum Gasteiger partial charge on any atom is 0.342 e. The number of benzene rings is 1. The highest BCUT2D eigenvalue weighted by Gasteiger charge is 2.27. The third kappa shape index (κ3) is 1.41. The van der Waals surface area contributed by atoms with Crippen molar-refractivity contribution < 1.29 is 9.53 Å². The molecule has 0 aliphatic carbocycles. The summed E-state index contributed by atoms with van der Waals surface area (Å²) in [4.78, 5) is 14.2. The molecular formula is C14H16N2O2. The predicted octanol–water partition coefficient (Wildman–Crippen LogP) is 2.27. The molecular weight excluding hydrogens is 228 g/mol. The molecule has 4 heteroatoms. The molecule has 0 atom stereocenters. The SMILES string of the molecule is COC(=O)c1c2n(c3ccccc13)CCCN2C. The number of methoxy groups -OCH3 is 1. The van der Waals surface area contributed by atoms with Gasteiger partial charge < -0.3 is 14.2 Å². The minimum absolute atomic E-state index is 0.256. The molecule has 3 rings (SSSR count). The summed E-state index contributed by atoms with van der Waals surface area (Å²) < 4.78 is 7.15. The summed E-state index contributed by atoms with van der Waals surface area (Å²) >= 11 is 0. The fraction of sp³-hybridized carbons (Fsp3) is 0.357. The van der Waals surface area contributed by atoms with Gasteiger partial charge >= 0.3 is 5.97 Å². The molecule has 1 aliphatic rings. The van der Waals surface area contributed by atoms with E-state index in [2.05, 4.69) is 15.5 Å². The number of hydrogen-bond donors (Lipinski definition) is 0. The lowest BCUT2D eigenvalue weighted by Crippen LogP contribution is -2.29. The minimum atomic E-state index is -0.256. The lowest BCUT2D eigenvalue weighted by molar-refractivity contribution is 0.0603. The number of ether oxygens (including phenoxy) is 1. The standard InChI is InChI=1S/C14H16N2O2/c1-15-8-5-9-16-11-7-4-3-6-10(11)12(13(15)16)14(17)18-2/h3-4,6-7H,5,8-9H2,1-2H3. The van der Waals surface area contributed by atoms with E-state index in [1.165, 1.54) is 7.11 Å². The Labute approximate surface area is 106 Å². The summed E-state index contributed by atoms with van der Waals surface area (Å²) in [5.74, 6) is 0.725. The number of aromatic nitrogens is 1. The molecule has 0 radical (unpaired) electrons. The highest BCUT2D eigenvalue weighted by molar-refractivity contribution is 6.10. The van der Waals surface area contributed by atoms with Gasteiger partial charge in [-0.2, -0.15) is 0 Å². The van der Waals surface area contributed by atoms with Crippen LogP contribution in [0.3, 0.4) is 0 Å². The number of anilines is 1. The first-order chi connectivity index (χ1) is 8.74. The third-order valence-corrected chi connectivity index (χ3v) is 3.57. The van der Waals surface area contributed by atoms with E-state index >= 15 is 0 Å². The van der Waals surface area contributed by atoms with Gasteiger partial charge in [-0.15, -0.1) is 0 Å². The molecule has 4 nitrogen and oxygen atoms in total. The molecule has 0 spiro atoms. The topological polar surface area (TPSA) is 34.5 Å². The Balaban J connectivity index is 2.38. The van der Waals surface area contributed by atoms with Crippen LogP contribution >= 0.6 is 0 Å². The van der Waals surface area contributed by atoms with Crippen molar-refractivity contribution in [2.75, 3.05) is 25.6 Å². The molecule has 0 bridgehead atoms. The van der Waals surface area contributed by atoms with E-state index in [-0.39, 0.29) is 5.97 Å². The second-order valence-electron chi connectivity index (χ2n) is 4.63. The smallest absolute Gasteiger partial charge is 0.342 e. The van der Waals surface area contributed by atoms with E-state index in [9.17, 15) is 4.79 Å². The van der Waals surface area contributed by atoms with E-state index in [1.807, 2.05) is 25.2 Å². The first-order valence-corrected chi connectivity index (χ1v) is 6.14. The van der Waals surface area contributed by atoms with E-state index in [4.69, 9.17) is 4.74 Å². The van der Waals surface area contributed by atoms with Crippen LogP contribution < -0.4 is 4.90 Å². The van der Waals surface area contributed by atoms with Gasteiger partial charge in [-0.3, -0.25) is 0 Å². The molecule has 18 heavy (non-hydrogen) atoms. The number of aryl methyl sites for hydroxylation is 1. The number of carbonyl (C=O) groups is 1. The molecule has 1 aromatic heterocycles. The minimum Gasteiger partial charge on any atom is -0.465 e. The Kier molecular flexibility index (Phi) is 2.51. The lowest BCUT2D eigenvalue weighted by atomic mass is 10.1. The monoisotopic (exact) mass is 244 g/mol. The number of hydrogen-bond acceptors (Lipinski definition) is 3. The molecule has 2 aromatic rings. The second-order valence-corrected chi connectivity index (χ2v) is 4.63. The maximum absolute atomic E-state index is 12.0. The first kappa shape index (κ1) is 11.1. The Bertz CT molecular complexity index is 616. The van der Waals surface area contributed by atoms with Crippen molar-refractivity contribution in [1.82, 2.24) is 4.57 Å². The number of fused-ring (bicyclic) bond motifs is 3. The Hall–Kier alpha value is -1.97. The molecule has 2 heterocycles. The molecule has 1 aliphatic heterocycles. The highest BCUT2D eigenvalue weighted by atomic mass is 16.5. The van der Waals surface area contributed by atoms with Gasteiger partial charge in [0, 0.05) is 25.5 Å². The van der Waals surface area contributed by atoms with Gasteiger partial charge in [0.2, 0.25) is 0 Å². The molecule has 0 saturated heterocycles. The summed E-state index contributed by atoms with van der Waals surface area (Å²) in [5.41, 5.74) is 1.80. The van der Waals surface area contributed by atoms with Gasteiger partial charge in [-0.25, -0.2) is 4.79 Å². The molecule has 0 saturated carbocycles. The van der Waals surface area contributed by atoms with Crippen molar-refractivity contribution in [2.24, 2.45) is 0 Å². The summed E-state index contributed by atoms with van der Waals surface area (Å²) in [6, 6.07) is 8.01. The van der Waals surface area contributed by atoms with Crippen molar-refractivity contribution in [3.05, 3.63) is 29.8 Å². The van der Waals surface area contributed by atoms with Crippen molar-refractivity contribution in [2.45, 2.75) is 13.0 Å². The zero-order chi connectivity index (χ0) is 12.7. The van der Waals surface area contributed by atoms with E-state index in [1.54, 1.807) is 0 Å².